The Morgan fingerprint density at radius 3 is 2.67 bits per heavy atom. The number of carbonyl (C=O) groups is 1. The Hall–Kier alpha value is -1.61. The van der Waals surface area contributed by atoms with Gasteiger partial charge in [0.15, 0.2) is 0 Å². The standard InChI is InChI=1S/C12H14O3/c1-10(12(14)15-8-7-13)9-11-5-3-2-4-6-11/h2-6,9,13H,7-8H2,1H3/b10-9+. The molecular weight excluding hydrogens is 192 g/mol. The summed E-state index contributed by atoms with van der Waals surface area (Å²) in [4.78, 5) is 11.3. The molecule has 1 aromatic rings. The number of hydrogen-bond acceptors (Lipinski definition) is 3. The van der Waals surface area contributed by atoms with Crippen LogP contribution in [-0.4, -0.2) is 24.3 Å². The van der Waals surface area contributed by atoms with Crippen LogP contribution in [0.15, 0.2) is 35.9 Å². The van der Waals surface area contributed by atoms with Gasteiger partial charge in [-0.05, 0) is 18.6 Å². The van der Waals surface area contributed by atoms with E-state index in [0.717, 1.165) is 5.56 Å². The third kappa shape index (κ3) is 3.95. The minimum atomic E-state index is -0.395. The van der Waals surface area contributed by atoms with Crippen LogP contribution in [0.3, 0.4) is 0 Å². The fraction of sp³-hybridized carbons (Fsp3) is 0.250. The number of rotatable bonds is 4. The van der Waals surface area contributed by atoms with E-state index in [2.05, 4.69) is 0 Å². The SMILES string of the molecule is C/C(=C\c1ccccc1)C(=O)OCCO. The first-order valence-electron chi connectivity index (χ1n) is 4.75. The number of carbonyl (C=O) groups excluding carboxylic acids is 1. The first kappa shape index (κ1) is 11.5. The average molecular weight is 206 g/mol. The molecule has 0 aromatic heterocycles. The Morgan fingerprint density at radius 2 is 2.07 bits per heavy atom. The molecule has 3 nitrogen and oxygen atoms in total. The second kappa shape index (κ2) is 5.98. The van der Waals surface area contributed by atoms with E-state index >= 15 is 0 Å². The molecule has 0 saturated heterocycles. The van der Waals surface area contributed by atoms with Crippen molar-refractivity contribution in [3.8, 4) is 0 Å². The summed E-state index contributed by atoms with van der Waals surface area (Å²) in [6, 6.07) is 9.53. The van der Waals surface area contributed by atoms with Crippen molar-refractivity contribution in [3.63, 3.8) is 0 Å². The van der Waals surface area contributed by atoms with Crippen molar-refractivity contribution >= 4 is 12.0 Å². The van der Waals surface area contributed by atoms with Gasteiger partial charge in [-0.3, -0.25) is 0 Å². The van der Waals surface area contributed by atoms with Crippen molar-refractivity contribution in [1.29, 1.82) is 0 Å². The smallest absolute Gasteiger partial charge is 0.333 e. The highest BCUT2D eigenvalue weighted by molar-refractivity contribution is 5.92. The van der Waals surface area contributed by atoms with Crippen LogP contribution in [0, 0.1) is 0 Å². The summed E-state index contributed by atoms with van der Waals surface area (Å²) in [5.41, 5.74) is 1.48. The predicted octanol–water partition coefficient (Wildman–Crippen LogP) is 1.63. The summed E-state index contributed by atoms with van der Waals surface area (Å²) >= 11 is 0. The molecule has 3 heteroatoms. The Balaban J connectivity index is 2.63. The molecule has 0 bridgehead atoms. The molecule has 0 amide bonds. The second-order valence-electron chi connectivity index (χ2n) is 3.10. The van der Waals surface area contributed by atoms with E-state index in [1.807, 2.05) is 30.3 Å². The first-order chi connectivity index (χ1) is 7.24. The van der Waals surface area contributed by atoms with Crippen molar-refractivity contribution in [1.82, 2.24) is 0 Å². The van der Waals surface area contributed by atoms with E-state index in [1.165, 1.54) is 0 Å². The van der Waals surface area contributed by atoms with Gasteiger partial charge < -0.3 is 9.84 Å². The van der Waals surface area contributed by atoms with Crippen LogP contribution in [-0.2, 0) is 9.53 Å². The lowest BCUT2D eigenvalue weighted by Crippen LogP contribution is -2.09. The number of ether oxygens (including phenoxy) is 1. The molecule has 0 heterocycles. The van der Waals surface area contributed by atoms with Gasteiger partial charge in [0.2, 0.25) is 0 Å². The molecule has 80 valence electrons. The maximum atomic E-state index is 11.3. The lowest BCUT2D eigenvalue weighted by molar-refractivity contribution is -0.139. The van der Waals surface area contributed by atoms with Crippen molar-refractivity contribution in [2.24, 2.45) is 0 Å². The maximum absolute atomic E-state index is 11.3. The summed E-state index contributed by atoms with van der Waals surface area (Å²) in [6.07, 6.45) is 1.75. The summed E-state index contributed by atoms with van der Waals surface area (Å²) in [5, 5.41) is 8.49. The first-order valence-corrected chi connectivity index (χ1v) is 4.75. The molecule has 0 atom stereocenters. The monoisotopic (exact) mass is 206 g/mol. The number of aliphatic hydroxyl groups is 1. The highest BCUT2D eigenvalue weighted by Gasteiger charge is 2.04. The van der Waals surface area contributed by atoms with Gasteiger partial charge in [0.1, 0.15) is 6.61 Å². The van der Waals surface area contributed by atoms with Crippen molar-refractivity contribution < 1.29 is 14.6 Å². The molecule has 0 spiro atoms. The Morgan fingerprint density at radius 1 is 1.40 bits per heavy atom. The van der Waals surface area contributed by atoms with E-state index in [1.54, 1.807) is 13.0 Å². The van der Waals surface area contributed by atoms with Gasteiger partial charge in [0.05, 0.1) is 6.61 Å². The van der Waals surface area contributed by atoms with E-state index in [9.17, 15) is 4.79 Å². The van der Waals surface area contributed by atoms with Gasteiger partial charge in [0.25, 0.3) is 0 Å². The topological polar surface area (TPSA) is 46.5 Å². The fourth-order valence-electron chi connectivity index (χ4n) is 1.11. The fourth-order valence-corrected chi connectivity index (χ4v) is 1.11. The van der Waals surface area contributed by atoms with Crippen LogP contribution >= 0.6 is 0 Å². The van der Waals surface area contributed by atoms with Gasteiger partial charge in [-0.25, -0.2) is 4.79 Å². The number of esters is 1. The molecular formula is C12H14O3. The Kier molecular flexibility index (Phi) is 4.57. The molecule has 0 aliphatic heterocycles. The summed E-state index contributed by atoms with van der Waals surface area (Å²) in [5.74, 6) is -0.395. The molecule has 0 fully saturated rings. The molecule has 1 aromatic carbocycles. The van der Waals surface area contributed by atoms with E-state index < -0.39 is 5.97 Å². The van der Waals surface area contributed by atoms with Crippen LogP contribution in [0.5, 0.6) is 0 Å². The average Bonchev–Trinajstić information content (AvgIpc) is 2.27. The third-order valence-corrected chi connectivity index (χ3v) is 1.83. The molecule has 0 unspecified atom stereocenters. The zero-order chi connectivity index (χ0) is 11.1. The summed E-state index contributed by atoms with van der Waals surface area (Å²) in [6.45, 7) is 1.58. The van der Waals surface area contributed by atoms with Gasteiger partial charge in [-0.15, -0.1) is 0 Å². The van der Waals surface area contributed by atoms with Crippen LogP contribution in [0.2, 0.25) is 0 Å². The minimum absolute atomic E-state index is 0.0405. The number of benzene rings is 1. The molecule has 0 radical (unpaired) electrons. The zero-order valence-electron chi connectivity index (χ0n) is 8.64. The molecule has 0 aliphatic carbocycles. The van der Waals surface area contributed by atoms with Gasteiger partial charge in [-0.1, -0.05) is 30.3 Å². The summed E-state index contributed by atoms with van der Waals surface area (Å²) < 4.78 is 4.77. The highest BCUT2D eigenvalue weighted by Crippen LogP contribution is 2.07. The molecule has 15 heavy (non-hydrogen) atoms. The Bertz CT molecular complexity index is 341. The van der Waals surface area contributed by atoms with Crippen molar-refractivity contribution in [2.45, 2.75) is 6.92 Å². The third-order valence-electron chi connectivity index (χ3n) is 1.83. The van der Waals surface area contributed by atoms with E-state index in [4.69, 9.17) is 9.84 Å². The molecule has 1 rings (SSSR count). The number of hydrogen-bond donors (Lipinski definition) is 1. The molecule has 0 aliphatic rings. The minimum Gasteiger partial charge on any atom is -0.460 e. The largest absolute Gasteiger partial charge is 0.460 e. The quantitative estimate of drug-likeness (QED) is 0.601. The van der Waals surface area contributed by atoms with Crippen LogP contribution in [0.25, 0.3) is 6.08 Å². The normalized spacial score (nSPS) is 11.2. The zero-order valence-corrected chi connectivity index (χ0v) is 8.64. The van der Waals surface area contributed by atoms with Crippen LogP contribution in [0.4, 0.5) is 0 Å². The van der Waals surface area contributed by atoms with Gasteiger partial charge in [-0.2, -0.15) is 0 Å². The van der Waals surface area contributed by atoms with E-state index in [-0.39, 0.29) is 13.2 Å². The van der Waals surface area contributed by atoms with Crippen molar-refractivity contribution in [3.05, 3.63) is 41.5 Å². The Labute approximate surface area is 89.0 Å². The van der Waals surface area contributed by atoms with Crippen molar-refractivity contribution in [2.75, 3.05) is 13.2 Å². The predicted molar refractivity (Wildman–Crippen MR) is 58.1 cm³/mol. The van der Waals surface area contributed by atoms with E-state index in [0.29, 0.717) is 5.57 Å². The maximum Gasteiger partial charge on any atom is 0.333 e. The molecule has 1 N–H and O–H groups in total. The highest BCUT2D eigenvalue weighted by atomic mass is 16.5. The van der Waals surface area contributed by atoms with Crippen LogP contribution in [0.1, 0.15) is 12.5 Å². The summed E-state index contributed by atoms with van der Waals surface area (Å²) in [7, 11) is 0. The lowest BCUT2D eigenvalue weighted by atomic mass is 10.1. The van der Waals surface area contributed by atoms with Crippen LogP contribution < -0.4 is 0 Å². The lowest BCUT2D eigenvalue weighted by Gasteiger charge is -2.02. The van der Waals surface area contributed by atoms with Gasteiger partial charge >= 0.3 is 5.97 Å². The van der Waals surface area contributed by atoms with Gasteiger partial charge in [0, 0.05) is 5.57 Å². The molecule has 0 saturated carbocycles. The second-order valence-corrected chi connectivity index (χ2v) is 3.10. The number of aliphatic hydroxyl groups excluding tert-OH is 1.